The zero-order valence-electron chi connectivity index (χ0n) is 12.2. The van der Waals surface area contributed by atoms with Gasteiger partial charge < -0.3 is 5.32 Å². The van der Waals surface area contributed by atoms with Crippen LogP contribution in [0.2, 0.25) is 10.0 Å². The van der Waals surface area contributed by atoms with Gasteiger partial charge in [0, 0.05) is 18.3 Å². The van der Waals surface area contributed by atoms with E-state index in [-0.39, 0.29) is 11.8 Å². The number of nitrogens with one attached hydrogen (secondary N) is 1. The van der Waals surface area contributed by atoms with Crippen molar-refractivity contribution in [3.63, 3.8) is 0 Å². The van der Waals surface area contributed by atoms with Crippen LogP contribution in [-0.2, 0) is 0 Å². The van der Waals surface area contributed by atoms with Crippen LogP contribution in [0.4, 0.5) is 5.69 Å². The van der Waals surface area contributed by atoms with E-state index in [1.165, 1.54) is 18.7 Å². The van der Waals surface area contributed by atoms with Crippen molar-refractivity contribution in [2.75, 3.05) is 11.6 Å². The van der Waals surface area contributed by atoms with Crippen LogP contribution in [0.25, 0.3) is 0 Å². The van der Waals surface area contributed by atoms with Crippen LogP contribution < -0.4 is 10.3 Å². The summed E-state index contributed by atoms with van der Waals surface area (Å²) in [4.78, 5) is 19.8. The van der Waals surface area contributed by atoms with E-state index < -0.39 is 0 Å². The molecule has 1 aromatic heterocycles. The first kappa shape index (κ1) is 15.7. The molecule has 118 valence electrons. The van der Waals surface area contributed by atoms with Crippen molar-refractivity contribution in [3.8, 4) is 0 Å². The fourth-order valence-electron chi connectivity index (χ4n) is 2.18. The maximum Gasteiger partial charge on any atom is 0.259 e. The van der Waals surface area contributed by atoms with Gasteiger partial charge in [0.05, 0.1) is 27.8 Å². The normalized spacial score (nSPS) is 17.1. The van der Waals surface area contributed by atoms with Crippen molar-refractivity contribution in [3.05, 3.63) is 52.5 Å². The molecule has 1 atom stereocenters. The third kappa shape index (κ3) is 3.43. The molecule has 8 heteroatoms. The number of carbonyl (C=O) groups is 1. The predicted molar refractivity (Wildman–Crippen MR) is 89.9 cm³/mol. The van der Waals surface area contributed by atoms with Gasteiger partial charge in [-0.25, -0.2) is 9.97 Å². The number of nitrogens with zero attached hydrogens (tertiary/aromatic N) is 4. The van der Waals surface area contributed by atoms with E-state index >= 15 is 0 Å². The third-order valence-electron chi connectivity index (χ3n) is 3.41. The first-order valence-corrected chi connectivity index (χ1v) is 7.67. The summed E-state index contributed by atoms with van der Waals surface area (Å²) < 4.78 is 0. The zero-order chi connectivity index (χ0) is 16.4. The van der Waals surface area contributed by atoms with Crippen molar-refractivity contribution >= 4 is 40.6 Å². The van der Waals surface area contributed by atoms with Crippen LogP contribution in [-0.4, -0.2) is 28.3 Å². The lowest BCUT2D eigenvalue weighted by Crippen LogP contribution is -2.33. The quantitative estimate of drug-likeness (QED) is 0.904. The van der Waals surface area contributed by atoms with Gasteiger partial charge in [-0.2, -0.15) is 5.10 Å². The molecule has 0 bridgehead atoms. The highest BCUT2D eigenvalue weighted by Crippen LogP contribution is 2.29. The Bertz CT molecular complexity index is 766. The number of hydrogen-bond donors (Lipinski definition) is 1. The lowest BCUT2D eigenvalue weighted by atomic mass is 10.1. The van der Waals surface area contributed by atoms with Crippen LogP contribution in [0.15, 0.2) is 42.0 Å². The molecule has 0 spiro atoms. The number of benzene rings is 1. The smallest absolute Gasteiger partial charge is 0.259 e. The average Bonchev–Trinajstić information content (AvgIpc) is 2.92. The van der Waals surface area contributed by atoms with Gasteiger partial charge in [0.25, 0.3) is 5.91 Å². The Kier molecular flexibility index (Phi) is 4.45. The van der Waals surface area contributed by atoms with Crippen LogP contribution in [0.3, 0.4) is 0 Å². The number of rotatable bonds is 2. The number of anilines is 1. The Morgan fingerprint density at radius 2 is 2.00 bits per heavy atom. The highest BCUT2D eigenvalue weighted by Gasteiger charge is 2.26. The zero-order valence-corrected chi connectivity index (χ0v) is 13.7. The molecule has 6 nitrogen and oxygen atoms in total. The summed E-state index contributed by atoms with van der Waals surface area (Å²) >= 11 is 12.0. The van der Waals surface area contributed by atoms with Gasteiger partial charge in [-0.15, -0.1) is 0 Å². The van der Waals surface area contributed by atoms with Crippen molar-refractivity contribution in [2.24, 2.45) is 11.0 Å². The maximum absolute atomic E-state index is 12.2. The minimum Gasteiger partial charge on any atom is -0.308 e. The van der Waals surface area contributed by atoms with Crippen LogP contribution in [0, 0.1) is 5.92 Å². The molecule has 2 heterocycles. The van der Waals surface area contributed by atoms with E-state index in [9.17, 15) is 4.79 Å². The lowest BCUT2D eigenvalue weighted by Gasteiger charge is -2.14. The number of hydrazone groups is 1. The Labute approximate surface area is 143 Å². The molecular formula is C15H13Cl2N5O. The Morgan fingerprint density at radius 3 is 2.70 bits per heavy atom. The Balaban J connectivity index is 1.77. The second kappa shape index (κ2) is 6.52. The van der Waals surface area contributed by atoms with Gasteiger partial charge in [-0.1, -0.05) is 30.1 Å². The SMILES string of the molecule is CC1CN(c2ccc(Cl)c(Cl)c2)N=C1NC(=O)c1cncnc1. The summed E-state index contributed by atoms with van der Waals surface area (Å²) in [6, 6.07) is 5.30. The second-order valence-corrected chi connectivity index (χ2v) is 5.96. The fraction of sp³-hybridized carbons (Fsp3) is 0.200. The number of carbonyl (C=O) groups excluding carboxylic acids is 1. The van der Waals surface area contributed by atoms with E-state index in [2.05, 4.69) is 20.4 Å². The van der Waals surface area contributed by atoms with E-state index in [0.29, 0.717) is 28.0 Å². The molecule has 2 aromatic rings. The monoisotopic (exact) mass is 349 g/mol. The largest absolute Gasteiger partial charge is 0.308 e. The van der Waals surface area contributed by atoms with Gasteiger partial charge in [0.15, 0.2) is 0 Å². The number of amides is 1. The topological polar surface area (TPSA) is 70.5 Å². The number of halogens is 2. The van der Waals surface area contributed by atoms with Gasteiger partial charge in [0.1, 0.15) is 12.2 Å². The molecule has 0 saturated heterocycles. The molecule has 1 amide bonds. The molecule has 3 rings (SSSR count). The maximum atomic E-state index is 12.2. The molecule has 0 aliphatic carbocycles. The summed E-state index contributed by atoms with van der Waals surface area (Å²) in [6.45, 7) is 2.62. The van der Waals surface area contributed by atoms with Gasteiger partial charge in [0.2, 0.25) is 0 Å². The molecule has 1 aliphatic heterocycles. The second-order valence-electron chi connectivity index (χ2n) is 5.15. The summed E-state index contributed by atoms with van der Waals surface area (Å²) in [5, 5.41) is 9.99. The first-order chi connectivity index (χ1) is 11.0. The fourth-order valence-corrected chi connectivity index (χ4v) is 2.47. The first-order valence-electron chi connectivity index (χ1n) is 6.92. The molecule has 1 N–H and O–H groups in total. The standard InChI is InChI=1S/C15H13Cl2N5O/c1-9-7-22(11-2-3-12(16)13(17)4-11)21-14(9)20-15(23)10-5-18-8-19-6-10/h2-6,8-9H,7H2,1H3,(H,20,21,23). The minimum atomic E-state index is -0.285. The molecule has 0 radical (unpaired) electrons. The molecule has 1 unspecified atom stereocenters. The van der Waals surface area contributed by atoms with Crippen molar-refractivity contribution < 1.29 is 4.79 Å². The van der Waals surface area contributed by atoms with Crippen molar-refractivity contribution in [1.29, 1.82) is 0 Å². The molecule has 1 aromatic carbocycles. The Morgan fingerprint density at radius 1 is 1.26 bits per heavy atom. The van der Waals surface area contributed by atoms with Crippen LogP contribution >= 0.6 is 23.2 Å². The van der Waals surface area contributed by atoms with Crippen molar-refractivity contribution in [2.45, 2.75) is 6.92 Å². The molecule has 23 heavy (non-hydrogen) atoms. The summed E-state index contributed by atoms with van der Waals surface area (Å²) in [7, 11) is 0. The minimum absolute atomic E-state index is 0.0676. The van der Waals surface area contributed by atoms with Crippen molar-refractivity contribution in [1.82, 2.24) is 15.3 Å². The summed E-state index contributed by atoms with van der Waals surface area (Å²) in [5.41, 5.74) is 1.20. The van der Waals surface area contributed by atoms with E-state index in [0.717, 1.165) is 5.69 Å². The van der Waals surface area contributed by atoms with Gasteiger partial charge >= 0.3 is 0 Å². The summed E-state index contributed by atoms with van der Waals surface area (Å²) in [6.07, 6.45) is 4.29. The Hall–Kier alpha value is -2.18. The van der Waals surface area contributed by atoms with Crippen LogP contribution in [0.5, 0.6) is 0 Å². The number of hydrogen-bond acceptors (Lipinski definition) is 5. The molecule has 0 fully saturated rings. The van der Waals surface area contributed by atoms with E-state index in [1.807, 2.05) is 13.0 Å². The summed E-state index contributed by atoms with van der Waals surface area (Å²) in [5.74, 6) is 0.371. The number of aromatic nitrogens is 2. The molecule has 1 aliphatic rings. The highest BCUT2D eigenvalue weighted by atomic mass is 35.5. The van der Waals surface area contributed by atoms with E-state index in [1.54, 1.807) is 17.1 Å². The van der Waals surface area contributed by atoms with Gasteiger partial charge in [-0.05, 0) is 18.2 Å². The van der Waals surface area contributed by atoms with E-state index in [4.69, 9.17) is 23.2 Å². The van der Waals surface area contributed by atoms with Gasteiger partial charge in [-0.3, -0.25) is 9.80 Å². The molecular weight excluding hydrogens is 337 g/mol. The highest BCUT2D eigenvalue weighted by molar-refractivity contribution is 6.42. The lowest BCUT2D eigenvalue weighted by molar-refractivity contribution is 0.0975. The third-order valence-corrected chi connectivity index (χ3v) is 4.15. The van der Waals surface area contributed by atoms with Crippen LogP contribution in [0.1, 0.15) is 17.3 Å². The predicted octanol–water partition coefficient (Wildman–Crippen LogP) is 2.98. The molecule has 0 saturated carbocycles. The number of amidine groups is 1. The average molecular weight is 350 g/mol.